The van der Waals surface area contributed by atoms with Crippen LogP contribution in [0.15, 0.2) is 18.2 Å². The highest BCUT2D eigenvalue weighted by Crippen LogP contribution is 2.14. The number of hydrogen-bond donors (Lipinski definition) is 1. The number of nitrogens with zero attached hydrogens (tertiary/aromatic N) is 1. The molecule has 1 rings (SSSR count). The second kappa shape index (κ2) is 4.11. The van der Waals surface area contributed by atoms with Crippen molar-refractivity contribution in [1.29, 1.82) is 0 Å². The van der Waals surface area contributed by atoms with Gasteiger partial charge in [0.25, 0.3) is 5.91 Å². The first-order valence-electron chi connectivity index (χ1n) is 4.24. The van der Waals surface area contributed by atoms with Crippen molar-refractivity contribution < 1.29 is 9.63 Å². The number of anilines is 1. The largest absolute Gasteiger partial charge is 0.398 e. The van der Waals surface area contributed by atoms with Crippen LogP contribution in [-0.4, -0.2) is 25.1 Å². The highest BCUT2D eigenvalue weighted by atomic mass is 16.7. The summed E-state index contributed by atoms with van der Waals surface area (Å²) >= 11 is 0. The lowest BCUT2D eigenvalue weighted by Crippen LogP contribution is -2.25. The number of nitrogen functional groups attached to an aromatic ring is 1. The first-order valence-corrected chi connectivity index (χ1v) is 4.24. The summed E-state index contributed by atoms with van der Waals surface area (Å²) in [6, 6.07) is 5.18. The molecule has 0 heterocycles. The lowest BCUT2D eigenvalue weighted by Gasteiger charge is -2.14. The summed E-state index contributed by atoms with van der Waals surface area (Å²) in [6.07, 6.45) is 0. The number of hydrogen-bond acceptors (Lipinski definition) is 3. The number of carbonyl (C=O) groups excluding carboxylic acids is 1. The van der Waals surface area contributed by atoms with E-state index in [2.05, 4.69) is 0 Å². The Labute approximate surface area is 83.2 Å². The zero-order valence-corrected chi connectivity index (χ0v) is 8.57. The molecular weight excluding hydrogens is 180 g/mol. The van der Waals surface area contributed by atoms with E-state index in [9.17, 15) is 4.79 Å². The van der Waals surface area contributed by atoms with Crippen LogP contribution in [-0.2, 0) is 4.84 Å². The summed E-state index contributed by atoms with van der Waals surface area (Å²) < 4.78 is 0. The molecule has 1 amide bonds. The molecule has 0 saturated heterocycles. The highest BCUT2D eigenvalue weighted by molar-refractivity contribution is 5.94. The topological polar surface area (TPSA) is 55.6 Å². The van der Waals surface area contributed by atoms with Crippen LogP contribution < -0.4 is 5.73 Å². The van der Waals surface area contributed by atoms with Crippen molar-refractivity contribution >= 4 is 11.6 Å². The Bertz CT molecular complexity index is 350. The van der Waals surface area contributed by atoms with Crippen LogP contribution in [0.5, 0.6) is 0 Å². The van der Waals surface area contributed by atoms with E-state index in [0.717, 1.165) is 10.6 Å². The van der Waals surface area contributed by atoms with Gasteiger partial charge in [-0.3, -0.25) is 9.63 Å². The molecule has 0 aliphatic rings. The average molecular weight is 194 g/mol. The summed E-state index contributed by atoms with van der Waals surface area (Å²) in [5, 5.41) is 1.16. The summed E-state index contributed by atoms with van der Waals surface area (Å²) in [6.45, 7) is 1.89. The third-order valence-electron chi connectivity index (χ3n) is 2.09. The number of carbonyl (C=O) groups is 1. The molecule has 76 valence electrons. The Kier molecular flexibility index (Phi) is 3.09. The van der Waals surface area contributed by atoms with E-state index in [4.69, 9.17) is 10.6 Å². The van der Waals surface area contributed by atoms with Gasteiger partial charge in [0.1, 0.15) is 0 Å². The molecule has 4 nitrogen and oxygen atoms in total. The van der Waals surface area contributed by atoms with Crippen molar-refractivity contribution in [2.45, 2.75) is 6.92 Å². The molecule has 0 saturated carbocycles. The smallest absolute Gasteiger partial charge is 0.277 e. The van der Waals surface area contributed by atoms with Gasteiger partial charge in [-0.05, 0) is 24.6 Å². The quantitative estimate of drug-likeness (QED) is 0.568. The summed E-state index contributed by atoms with van der Waals surface area (Å²) in [5.74, 6) is -0.209. The molecule has 0 atom stereocenters. The molecule has 0 unspecified atom stereocenters. The molecule has 1 aromatic carbocycles. The Morgan fingerprint density at radius 3 is 2.64 bits per heavy atom. The molecule has 14 heavy (non-hydrogen) atoms. The predicted molar refractivity (Wildman–Crippen MR) is 54.7 cm³/mol. The molecular formula is C10H14N2O2. The minimum Gasteiger partial charge on any atom is -0.398 e. The minimum absolute atomic E-state index is 0.209. The van der Waals surface area contributed by atoms with Crippen LogP contribution in [0, 0.1) is 6.92 Å². The van der Waals surface area contributed by atoms with Gasteiger partial charge >= 0.3 is 0 Å². The molecule has 0 spiro atoms. The third kappa shape index (κ3) is 2.03. The van der Waals surface area contributed by atoms with Gasteiger partial charge in [0.2, 0.25) is 0 Å². The number of nitrogens with two attached hydrogens (primary N) is 1. The van der Waals surface area contributed by atoms with Crippen molar-refractivity contribution in [3.8, 4) is 0 Å². The first kappa shape index (κ1) is 10.5. The van der Waals surface area contributed by atoms with E-state index in [1.54, 1.807) is 19.2 Å². The maximum atomic E-state index is 11.6. The SMILES string of the molecule is CON(C)C(=O)c1ccc(C)c(N)c1. The molecule has 0 fully saturated rings. The van der Waals surface area contributed by atoms with Crippen LogP contribution in [0.3, 0.4) is 0 Å². The molecule has 4 heteroatoms. The van der Waals surface area contributed by atoms with Gasteiger partial charge in [-0.1, -0.05) is 6.07 Å². The summed E-state index contributed by atoms with van der Waals surface area (Å²) in [5.41, 5.74) is 7.79. The molecule has 1 aromatic rings. The maximum absolute atomic E-state index is 11.6. The predicted octanol–water partition coefficient (Wildman–Crippen LogP) is 1.21. The Morgan fingerprint density at radius 2 is 2.14 bits per heavy atom. The van der Waals surface area contributed by atoms with Gasteiger partial charge in [-0.15, -0.1) is 0 Å². The average Bonchev–Trinajstić information content (AvgIpc) is 2.20. The zero-order chi connectivity index (χ0) is 10.7. The van der Waals surface area contributed by atoms with Gasteiger partial charge in [-0.25, -0.2) is 5.06 Å². The van der Waals surface area contributed by atoms with Gasteiger partial charge in [-0.2, -0.15) is 0 Å². The number of aryl methyl sites for hydroxylation is 1. The van der Waals surface area contributed by atoms with E-state index < -0.39 is 0 Å². The summed E-state index contributed by atoms with van der Waals surface area (Å²) in [4.78, 5) is 16.4. The van der Waals surface area contributed by atoms with Crippen LogP contribution >= 0.6 is 0 Å². The summed E-state index contributed by atoms with van der Waals surface area (Å²) in [7, 11) is 2.99. The molecule has 0 aliphatic carbocycles. The highest BCUT2D eigenvalue weighted by Gasteiger charge is 2.11. The number of rotatable bonds is 2. The fourth-order valence-electron chi connectivity index (χ4n) is 1.04. The van der Waals surface area contributed by atoms with Gasteiger partial charge in [0, 0.05) is 18.3 Å². The van der Waals surface area contributed by atoms with Gasteiger partial charge in [0.05, 0.1) is 7.11 Å². The standard InChI is InChI=1S/C10H14N2O2/c1-7-4-5-8(6-9(7)11)10(13)12(2)14-3/h4-6H,11H2,1-3H3. The van der Waals surface area contributed by atoms with Crippen molar-refractivity contribution in [3.05, 3.63) is 29.3 Å². The molecule has 0 radical (unpaired) electrons. The van der Waals surface area contributed by atoms with E-state index >= 15 is 0 Å². The van der Waals surface area contributed by atoms with Crippen LogP contribution in [0.2, 0.25) is 0 Å². The third-order valence-corrected chi connectivity index (χ3v) is 2.09. The Morgan fingerprint density at radius 1 is 1.50 bits per heavy atom. The Balaban J connectivity index is 2.97. The normalized spacial score (nSPS) is 9.93. The molecule has 2 N–H and O–H groups in total. The van der Waals surface area contributed by atoms with E-state index in [0.29, 0.717) is 11.3 Å². The number of benzene rings is 1. The van der Waals surface area contributed by atoms with E-state index in [-0.39, 0.29) is 5.91 Å². The van der Waals surface area contributed by atoms with Crippen LogP contribution in [0.4, 0.5) is 5.69 Å². The lowest BCUT2D eigenvalue weighted by atomic mass is 10.1. The molecule has 0 aliphatic heterocycles. The van der Waals surface area contributed by atoms with Crippen molar-refractivity contribution in [1.82, 2.24) is 5.06 Å². The molecule has 0 bridgehead atoms. The first-order chi connectivity index (χ1) is 6.56. The van der Waals surface area contributed by atoms with E-state index in [1.165, 1.54) is 7.11 Å². The van der Waals surface area contributed by atoms with E-state index in [1.807, 2.05) is 13.0 Å². The lowest BCUT2D eigenvalue weighted by molar-refractivity contribution is -0.0756. The fraction of sp³-hybridized carbons (Fsp3) is 0.300. The van der Waals surface area contributed by atoms with Crippen molar-refractivity contribution in [2.75, 3.05) is 19.9 Å². The van der Waals surface area contributed by atoms with Gasteiger partial charge in [0.15, 0.2) is 0 Å². The van der Waals surface area contributed by atoms with Crippen molar-refractivity contribution in [2.24, 2.45) is 0 Å². The van der Waals surface area contributed by atoms with Crippen molar-refractivity contribution in [3.63, 3.8) is 0 Å². The minimum atomic E-state index is -0.209. The zero-order valence-electron chi connectivity index (χ0n) is 8.57. The maximum Gasteiger partial charge on any atom is 0.277 e. The number of hydroxylamine groups is 2. The van der Waals surface area contributed by atoms with Gasteiger partial charge < -0.3 is 5.73 Å². The van der Waals surface area contributed by atoms with Crippen LogP contribution in [0.25, 0.3) is 0 Å². The second-order valence-electron chi connectivity index (χ2n) is 3.06. The molecule has 0 aromatic heterocycles. The van der Waals surface area contributed by atoms with Crippen LogP contribution in [0.1, 0.15) is 15.9 Å². The monoisotopic (exact) mass is 194 g/mol. The fourth-order valence-corrected chi connectivity index (χ4v) is 1.04. The number of amides is 1. The Hall–Kier alpha value is -1.55. The second-order valence-corrected chi connectivity index (χ2v) is 3.06.